The zero-order valence-electron chi connectivity index (χ0n) is 14.4. The normalized spacial score (nSPS) is 28.4. The molecule has 0 amide bonds. The van der Waals surface area contributed by atoms with Crippen LogP contribution in [-0.4, -0.2) is 36.9 Å². The minimum atomic E-state index is -0.398. The van der Waals surface area contributed by atoms with Gasteiger partial charge in [0.05, 0.1) is 6.10 Å². The summed E-state index contributed by atoms with van der Waals surface area (Å²) >= 11 is 3.42. The molecule has 0 spiro atoms. The van der Waals surface area contributed by atoms with Crippen LogP contribution in [0.3, 0.4) is 0 Å². The van der Waals surface area contributed by atoms with Crippen molar-refractivity contribution >= 4 is 21.9 Å². The molecule has 3 N–H and O–H groups in total. The minimum Gasteiger partial charge on any atom is -0.484 e. The van der Waals surface area contributed by atoms with Gasteiger partial charge in [-0.25, -0.2) is 4.79 Å². The Morgan fingerprint density at radius 1 is 1.29 bits per heavy atom. The number of hydrogen-bond donors (Lipinski definition) is 1. The number of carbonyl (C=O) groups excluding carboxylic acids is 1. The molecule has 1 aliphatic rings. The van der Waals surface area contributed by atoms with Crippen LogP contribution in [-0.2, 0) is 14.3 Å². The Morgan fingerprint density at radius 2 is 2.00 bits per heavy atom. The number of hydrogen-bond acceptors (Lipinski definition) is 4. The van der Waals surface area contributed by atoms with Crippen molar-refractivity contribution in [2.75, 3.05) is 6.61 Å². The maximum absolute atomic E-state index is 12.1. The molecular formula is C18H27BrNO4+. The molecule has 2 rings (SSSR count). The molecule has 0 aliphatic carbocycles. The predicted octanol–water partition coefficient (Wildman–Crippen LogP) is 2.72. The summed E-state index contributed by atoms with van der Waals surface area (Å²) < 4.78 is 18.8. The molecule has 4 atom stereocenters. The maximum atomic E-state index is 12.1. The third kappa shape index (κ3) is 5.46. The highest BCUT2D eigenvalue weighted by molar-refractivity contribution is 9.10. The van der Waals surface area contributed by atoms with Crippen LogP contribution in [0, 0.1) is 0 Å². The Bertz CT molecular complexity index is 522. The fraction of sp³-hybridized carbons (Fsp3) is 0.611. The summed E-state index contributed by atoms with van der Waals surface area (Å²) in [7, 11) is 0. The monoisotopic (exact) mass is 400 g/mol. The van der Waals surface area contributed by atoms with Gasteiger partial charge < -0.3 is 19.9 Å². The second-order valence-electron chi connectivity index (χ2n) is 6.22. The molecular weight excluding hydrogens is 374 g/mol. The summed E-state index contributed by atoms with van der Waals surface area (Å²) in [5.74, 6) is 0.477. The number of benzene rings is 1. The average molecular weight is 401 g/mol. The van der Waals surface area contributed by atoms with Crippen molar-refractivity contribution in [3.05, 3.63) is 28.7 Å². The molecule has 0 bridgehead atoms. The third-order valence-corrected chi connectivity index (χ3v) is 4.66. The van der Waals surface area contributed by atoms with Crippen molar-refractivity contribution in [2.24, 2.45) is 0 Å². The lowest BCUT2D eigenvalue weighted by atomic mass is 10.0. The van der Waals surface area contributed by atoms with Crippen molar-refractivity contribution in [2.45, 2.75) is 63.9 Å². The molecule has 0 unspecified atom stereocenters. The van der Waals surface area contributed by atoms with Gasteiger partial charge in [-0.1, -0.05) is 22.9 Å². The smallest absolute Gasteiger partial charge is 0.365 e. The van der Waals surface area contributed by atoms with Gasteiger partial charge in [0.25, 0.3) is 0 Å². The maximum Gasteiger partial charge on any atom is 0.365 e. The fourth-order valence-electron chi connectivity index (χ4n) is 2.79. The largest absolute Gasteiger partial charge is 0.484 e. The van der Waals surface area contributed by atoms with Crippen LogP contribution >= 0.6 is 15.9 Å². The number of esters is 1. The van der Waals surface area contributed by atoms with Crippen LogP contribution < -0.4 is 10.5 Å². The van der Waals surface area contributed by atoms with E-state index in [9.17, 15) is 4.79 Å². The van der Waals surface area contributed by atoms with E-state index in [4.69, 9.17) is 14.2 Å². The van der Waals surface area contributed by atoms with E-state index in [2.05, 4.69) is 28.6 Å². The number of halogens is 1. The summed E-state index contributed by atoms with van der Waals surface area (Å²) in [6.07, 6.45) is 2.49. The van der Waals surface area contributed by atoms with Gasteiger partial charge in [0.15, 0.2) is 12.1 Å². The SMILES string of the molecule is CCCO[C@H]1CCC[C@H]([NH3+])C(=O)O[C@@H](C)[C@@H]1Oc1ccc(Br)cc1. The first kappa shape index (κ1) is 19.2. The molecule has 6 heteroatoms. The van der Waals surface area contributed by atoms with Gasteiger partial charge in [-0.3, -0.25) is 0 Å². The lowest BCUT2D eigenvalue weighted by Gasteiger charge is -2.31. The van der Waals surface area contributed by atoms with Crippen LogP contribution in [0.1, 0.15) is 39.5 Å². The van der Waals surface area contributed by atoms with E-state index in [1.807, 2.05) is 31.2 Å². The Hall–Kier alpha value is -1.11. The van der Waals surface area contributed by atoms with E-state index in [0.717, 1.165) is 29.5 Å². The minimum absolute atomic E-state index is 0.110. The highest BCUT2D eigenvalue weighted by Gasteiger charge is 2.35. The van der Waals surface area contributed by atoms with E-state index in [0.29, 0.717) is 13.0 Å². The molecule has 1 heterocycles. The van der Waals surface area contributed by atoms with Crippen molar-refractivity contribution < 1.29 is 24.7 Å². The van der Waals surface area contributed by atoms with E-state index in [1.54, 1.807) is 0 Å². The first-order valence-electron chi connectivity index (χ1n) is 8.58. The van der Waals surface area contributed by atoms with Gasteiger partial charge in [-0.15, -0.1) is 0 Å². The zero-order valence-corrected chi connectivity index (χ0v) is 16.0. The van der Waals surface area contributed by atoms with Crippen molar-refractivity contribution in [1.82, 2.24) is 0 Å². The van der Waals surface area contributed by atoms with Crippen molar-refractivity contribution in [3.8, 4) is 5.75 Å². The number of carbonyl (C=O) groups is 1. The summed E-state index contributed by atoms with van der Waals surface area (Å²) in [6.45, 7) is 4.61. The van der Waals surface area contributed by atoms with Crippen LogP contribution in [0.5, 0.6) is 5.75 Å². The van der Waals surface area contributed by atoms with Gasteiger partial charge in [-0.2, -0.15) is 0 Å². The van der Waals surface area contributed by atoms with E-state index in [-0.39, 0.29) is 24.2 Å². The molecule has 1 aromatic rings. The van der Waals surface area contributed by atoms with Crippen LogP contribution in [0.2, 0.25) is 0 Å². The van der Waals surface area contributed by atoms with E-state index in [1.165, 1.54) is 0 Å². The quantitative estimate of drug-likeness (QED) is 0.771. The molecule has 0 aromatic heterocycles. The first-order valence-corrected chi connectivity index (χ1v) is 9.38. The van der Waals surface area contributed by atoms with E-state index < -0.39 is 6.10 Å². The van der Waals surface area contributed by atoms with Crippen LogP contribution in [0.25, 0.3) is 0 Å². The van der Waals surface area contributed by atoms with Gasteiger partial charge in [0.2, 0.25) is 0 Å². The molecule has 1 aromatic carbocycles. The molecule has 0 saturated carbocycles. The molecule has 1 saturated heterocycles. The zero-order chi connectivity index (χ0) is 17.5. The summed E-state index contributed by atoms with van der Waals surface area (Å²) in [5.41, 5.74) is 3.90. The number of quaternary nitrogens is 1. The fourth-order valence-corrected chi connectivity index (χ4v) is 3.05. The average Bonchev–Trinajstić information content (AvgIpc) is 2.60. The molecule has 134 valence electrons. The highest BCUT2D eigenvalue weighted by atomic mass is 79.9. The molecule has 0 radical (unpaired) electrons. The second-order valence-corrected chi connectivity index (χ2v) is 7.13. The van der Waals surface area contributed by atoms with E-state index >= 15 is 0 Å². The van der Waals surface area contributed by atoms with Crippen LogP contribution in [0.4, 0.5) is 0 Å². The van der Waals surface area contributed by atoms with Gasteiger partial charge in [-0.05, 0) is 50.5 Å². The van der Waals surface area contributed by atoms with Gasteiger partial charge in [0, 0.05) is 17.5 Å². The number of cyclic esters (lactones) is 1. The standard InChI is InChI=1S/C18H26BrNO4/c1-3-11-22-16-6-4-5-15(20)18(21)23-12(2)17(16)24-14-9-7-13(19)8-10-14/h7-10,12,15-17H,3-6,11,20H2,1-2H3/p+1/t12-,15-,16-,17-/m0/s1. The third-order valence-electron chi connectivity index (χ3n) is 4.13. The van der Waals surface area contributed by atoms with Gasteiger partial charge in [0.1, 0.15) is 11.9 Å². The Balaban J connectivity index is 2.19. The second kappa shape index (κ2) is 9.39. The topological polar surface area (TPSA) is 72.4 Å². The summed E-state index contributed by atoms with van der Waals surface area (Å²) in [6, 6.07) is 7.31. The summed E-state index contributed by atoms with van der Waals surface area (Å²) in [5, 5.41) is 0. The first-order chi connectivity index (χ1) is 11.5. The summed E-state index contributed by atoms with van der Waals surface area (Å²) in [4.78, 5) is 12.1. The van der Waals surface area contributed by atoms with Gasteiger partial charge >= 0.3 is 5.97 Å². The molecule has 24 heavy (non-hydrogen) atoms. The molecule has 1 fully saturated rings. The lowest BCUT2D eigenvalue weighted by Crippen LogP contribution is -2.65. The number of ether oxygens (including phenoxy) is 3. The predicted molar refractivity (Wildman–Crippen MR) is 94.7 cm³/mol. The Kier molecular flexibility index (Phi) is 7.52. The van der Waals surface area contributed by atoms with Crippen molar-refractivity contribution in [3.63, 3.8) is 0 Å². The molecule has 1 aliphatic heterocycles. The van der Waals surface area contributed by atoms with Crippen LogP contribution in [0.15, 0.2) is 28.7 Å². The highest BCUT2D eigenvalue weighted by Crippen LogP contribution is 2.25. The lowest BCUT2D eigenvalue weighted by molar-refractivity contribution is -0.410. The Labute approximate surface area is 152 Å². The Morgan fingerprint density at radius 3 is 2.67 bits per heavy atom. The molecule has 5 nitrogen and oxygen atoms in total. The van der Waals surface area contributed by atoms with Crippen molar-refractivity contribution in [1.29, 1.82) is 0 Å². The number of rotatable bonds is 5.